The molecule has 0 aliphatic rings. The van der Waals surface area contributed by atoms with Crippen LogP contribution < -0.4 is 5.73 Å². The monoisotopic (exact) mass is 255 g/mol. The van der Waals surface area contributed by atoms with Gasteiger partial charge in [0.15, 0.2) is 0 Å². The summed E-state index contributed by atoms with van der Waals surface area (Å²) in [6.45, 7) is 9.64. The Kier molecular flexibility index (Phi) is 11.2. The first-order valence-electron chi connectivity index (χ1n) is 7.68. The number of hydrogen-bond acceptors (Lipinski definition) is 2. The first kappa shape index (κ1) is 17.4. The lowest BCUT2D eigenvalue weighted by molar-refractivity contribution is 0.264. The van der Waals surface area contributed by atoms with E-state index in [-0.39, 0.29) is 5.92 Å². The van der Waals surface area contributed by atoms with E-state index < -0.39 is 0 Å². The standard InChI is InChI=1S/C15H33N3/c1-4-6-7-8-9-10-11-12-18(5-2)13-14(3)15(16)17/h14H,4-13H2,1-3H3,(H3,16,17). The molecule has 0 aromatic rings. The molecule has 0 bridgehead atoms. The van der Waals surface area contributed by atoms with Gasteiger partial charge in [-0.15, -0.1) is 0 Å². The van der Waals surface area contributed by atoms with Crippen molar-refractivity contribution in [3.05, 3.63) is 0 Å². The van der Waals surface area contributed by atoms with E-state index in [1.807, 2.05) is 6.92 Å². The maximum absolute atomic E-state index is 7.43. The van der Waals surface area contributed by atoms with Crippen LogP contribution in [0.4, 0.5) is 0 Å². The molecule has 0 aromatic carbocycles. The maximum Gasteiger partial charge on any atom is 0.0947 e. The van der Waals surface area contributed by atoms with Gasteiger partial charge in [0.25, 0.3) is 0 Å². The van der Waals surface area contributed by atoms with Gasteiger partial charge in [0.2, 0.25) is 0 Å². The molecule has 0 saturated carbocycles. The summed E-state index contributed by atoms with van der Waals surface area (Å²) in [6, 6.07) is 0. The van der Waals surface area contributed by atoms with E-state index in [4.69, 9.17) is 11.1 Å². The molecule has 108 valence electrons. The Hall–Kier alpha value is -0.570. The third kappa shape index (κ3) is 9.46. The molecule has 1 unspecified atom stereocenters. The van der Waals surface area contributed by atoms with Crippen LogP contribution in [0.2, 0.25) is 0 Å². The van der Waals surface area contributed by atoms with Crippen LogP contribution in [0.15, 0.2) is 0 Å². The second-order valence-corrected chi connectivity index (χ2v) is 5.37. The molecule has 0 aromatic heterocycles. The summed E-state index contributed by atoms with van der Waals surface area (Å²) in [7, 11) is 0. The van der Waals surface area contributed by atoms with Gasteiger partial charge in [0.05, 0.1) is 5.84 Å². The van der Waals surface area contributed by atoms with E-state index in [1.165, 1.54) is 44.9 Å². The molecule has 0 spiro atoms. The Bertz CT molecular complexity index is 204. The van der Waals surface area contributed by atoms with Gasteiger partial charge in [-0.3, -0.25) is 5.41 Å². The molecule has 18 heavy (non-hydrogen) atoms. The quantitative estimate of drug-likeness (QED) is 0.318. The molecular weight excluding hydrogens is 222 g/mol. The smallest absolute Gasteiger partial charge is 0.0947 e. The van der Waals surface area contributed by atoms with Crippen LogP contribution in [0.25, 0.3) is 0 Å². The molecule has 3 N–H and O–H groups in total. The summed E-state index contributed by atoms with van der Waals surface area (Å²) in [5.74, 6) is 0.502. The minimum absolute atomic E-state index is 0.189. The SMILES string of the molecule is CCCCCCCCCN(CC)CC(C)C(=N)N. The van der Waals surface area contributed by atoms with Gasteiger partial charge < -0.3 is 10.6 Å². The summed E-state index contributed by atoms with van der Waals surface area (Å²) in [5.41, 5.74) is 5.52. The molecule has 0 heterocycles. The van der Waals surface area contributed by atoms with Crippen LogP contribution in [-0.4, -0.2) is 30.4 Å². The average molecular weight is 255 g/mol. The van der Waals surface area contributed by atoms with Crippen molar-refractivity contribution < 1.29 is 0 Å². The predicted octanol–water partition coefficient (Wildman–Crippen LogP) is 3.63. The third-order valence-corrected chi connectivity index (χ3v) is 3.59. The van der Waals surface area contributed by atoms with Gasteiger partial charge in [-0.25, -0.2) is 0 Å². The lowest BCUT2D eigenvalue weighted by atomic mass is 10.1. The number of nitrogens with two attached hydrogens (primary N) is 1. The summed E-state index contributed by atoms with van der Waals surface area (Å²) >= 11 is 0. The Morgan fingerprint density at radius 2 is 1.61 bits per heavy atom. The van der Waals surface area contributed by atoms with Gasteiger partial charge in [-0.05, 0) is 19.5 Å². The van der Waals surface area contributed by atoms with Crippen LogP contribution in [0.1, 0.15) is 65.7 Å². The van der Waals surface area contributed by atoms with E-state index in [9.17, 15) is 0 Å². The van der Waals surface area contributed by atoms with Crippen LogP contribution in [0.3, 0.4) is 0 Å². The Morgan fingerprint density at radius 3 is 2.11 bits per heavy atom. The fourth-order valence-corrected chi connectivity index (χ4v) is 2.16. The zero-order valence-corrected chi connectivity index (χ0v) is 12.7. The molecule has 3 heteroatoms. The number of rotatable bonds is 12. The molecule has 0 aliphatic heterocycles. The molecule has 0 aliphatic carbocycles. The molecule has 0 fully saturated rings. The first-order valence-corrected chi connectivity index (χ1v) is 7.68. The molecule has 3 nitrogen and oxygen atoms in total. The van der Waals surface area contributed by atoms with Crippen molar-refractivity contribution in [3.8, 4) is 0 Å². The van der Waals surface area contributed by atoms with Gasteiger partial charge in [0, 0.05) is 12.5 Å². The van der Waals surface area contributed by atoms with E-state index in [0.29, 0.717) is 5.84 Å². The Labute approximate surface area is 114 Å². The van der Waals surface area contributed by atoms with Crippen molar-refractivity contribution >= 4 is 5.84 Å². The van der Waals surface area contributed by atoms with Gasteiger partial charge >= 0.3 is 0 Å². The Balaban J connectivity index is 3.53. The van der Waals surface area contributed by atoms with Crippen molar-refractivity contribution in [2.45, 2.75) is 65.7 Å². The second-order valence-electron chi connectivity index (χ2n) is 5.37. The zero-order valence-electron chi connectivity index (χ0n) is 12.7. The van der Waals surface area contributed by atoms with Gasteiger partial charge in [-0.2, -0.15) is 0 Å². The summed E-state index contributed by atoms with van der Waals surface area (Å²) < 4.78 is 0. The Morgan fingerprint density at radius 1 is 1.06 bits per heavy atom. The largest absolute Gasteiger partial charge is 0.387 e. The highest BCUT2D eigenvalue weighted by Crippen LogP contribution is 2.08. The maximum atomic E-state index is 7.43. The van der Waals surface area contributed by atoms with Crippen LogP contribution in [0, 0.1) is 11.3 Å². The van der Waals surface area contributed by atoms with Crippen LogP contribution in [0.5, 0.6) is 0 Å². The summed E-state index contributed by atoms with van der Waals surface area (Å²) in [5, 5.41) is 7.43. The minimum atomic E-state index is 0.189. The second kappa shape index (κ2) is 11.5. The predicted molar refractivity (Wildman–Crippen MR) is 81.2 cm³/mol. The fourth-order valence-electron chi connectivity index (χ4n) is 2.16. The highest BCUT2D eigenvalue weighted by molar-refractivity contribution is 5.79. The van der Waals surface area contributed by atoms with Crippen LogP contribution >= 0.6 is 0 Å². The number of nitrogens with zero attached hydrogens (tertiary/aromatic N) is 1. The summed E-state index contributed by atoms with van der Waals surface area (Å²) in [4.78, 5) is 2.41. The number of amidine groups is 1. The lowest BCUT2D eigenvalue weighted by Crippen LogP contribution is -2.35. The first-order chi connectivity index (χ1) is 8.61. The number of nitrogens with one attached hydrogen (secondary N) is 1. The van der Waals surface area contributed by atoms with E-state index >= 15 is 0 Å². The normalized spacial score (nSPS) is 12.9. The number of unbranched alkanes of at least 4 members (excludes halogenated alkanes) is 6. The molecule has 0 saturated heterocycles. The fraction of sp³-hybridized carbons (Fsp3) is 0.933. The van der Waals surface area contributed by atoms with Crippen molar-refractivity contribution in [2.75, 3.05) is 19.6 Å². The number of hydrogen-bond donors (Lipinski definition) is 2. The van der Waals surface area contributed by atoms with Crippen molar-refractivity contribution in [2.24, 2.45) is 11.7 Å². The van der Waals surface area contributed by atoms with E-state index in [0.717, 1.165) is 19.6 Å². The topological polar surface area (TPSA) is 53.1 Å². The zero-order chi connectivity index (χ0) is 13.8. The molecular formula is C15H33N3. The van der Waals surface area contributed by atoms with Gasteiger partial charge in [-0.1, -0.05) is 59.3 Å². The average Bonchev–Trinajstić information content (AvgIpc) is 2.35. The highest BCUT2D eigenvalue weighted by Gasteiger charge is 2.10. The van der Waals surface area contributed by atoms with Crippen LogP contribution in [-0.2, 0) is 0 Å². The van der Waals surface area contributed by atoms with Gasteiger partial charge in [0.1, 0.15) is 0 Å². The van der Waals surface area contributed by atoms with Crippen molar-refractivity contribution in [3.63, 3.8) is 0 Å². The summed E-state index contributed by atoms with van der Waals surface area (Å²) in [6.07, 6.45) is 9.50. The lowest BCUT2D eigenvalue weighted by Gasteiger charge is -2.23. The van der Waals surface area contributed by atoms with Crippen molar-refractivity contribution in [1.29, 1.82) is 5.41 Å². The van der Waals surface area contributed by atoms with Crippen molar-refractivity contribution in [1.82, 2.24) is 4.90 Å². The van der Waals surface area contributed by atoms with E-state index in [1.54, 1.807) is 0 Å². The third-order valence-electron chi connectivity index (χ3n) is 3.59. The highest BCUT2D eigenvalue weighted by atomic mass is 15.1. The molecule has 0 amide bonds. The molecule has 0 radical (unpaired) electrons. The molecule has 1 atom stereocenters. The minimum Gasteiger partial charge on any atom is -0.387 e. The van der Waals surface area contributed by atoms with E-state index in [2.05, 4.69) is 18.7 Å². The molecule has 0 rings (SSSR count).